The highest BCUT2D eigenvalue weighted by molar-refractivity contribution is 7.90. The molecule has 31 heavy (non-hydrogen) atoms. The monoisotopic (exact) mass is 484 g/mol. The van der Waals surface area contributed by atoms with Crippen LogP contribution in [0.5, 0.6) is 0 Å². The zero-order valence-corrected chi connectivity index (χ0v) is 18.4. The Kier molecular flexibility index (Phi) is 6.35. The molecule has 0 saturated heterocycles. The van der Waals surface area contributed by atoms with Crippen LogP contribution in [0.2, 0.25) is 0 Å². The van der Waals surface area contributed by atoms with Crippen molar-refractivity contribution < 1.29 is 26.6 Å². The normalized spacial score (nSPS) is 12.0. The van der Waals surface area contributed by atoms with Crippen LogP contribution in [0.3, 0.4) is 0 Å². The van der Waals surface area contributed by atoms with Crippen molar-refractivity contribution >= 4 is 58.1 Å². The lowest BCUT2D eigenvalue weighted by molar-refractivity contribution is -0.384. The number of sulfone groups is 1. The number of aromatic nitrogens is 1. The lowest BCUT2D eigenvalue weighted by Crippen LogP contribution is -2.27. The third-order valence-electron chi connectivity index (χ3n) is 4.04. The van der Waals surface area contributed by atoms with Gasteiger partial charge in [0.05, 0.1) is 24.9 Å². The summed E-state index contributed by atoms with van der Waals surface area (Å²) in [6, 6.07) is 8.79. The SMILES string of the molecule is CS(=O)(=O)c1ccc2nc(NC(=O)CCNS(=O)(=O)c3ccc([N+](=O)[O-])cc3)sc2c1. The van der Waals surface area contributed by atoms with Crippen LogP contribution < -0.4 is 10.0 Å². The van der Waals surface area contributed by atoms with Gasteiger partial charge in [0.2, 0.25) is 15.9 Å². The molecule has 0 aliphatic rings. The highest BCUT2D eigenvalue weighted by atomic mass is 32.2. The molecule has 0 bridgehead atoms. The number of nitro groups is 1. The fourth-order valence-electron chi connectivity index (χ4n) is 2.50. The van der Waals surface area contributed by atoms with Gasteiger partial charge < -0.3 is 5.32 Å². The third-order valence-corrected chi connectivity index (χ3v) is 7.56. The largest absolute Gasteiger partial charge is 0.302 e. The third kappa shape index (κ3) is 5.61. The van der Waals surface area contributed by atoms with Gasteiger partial charge in [0.25, 0.3) is 5.69 Å². The van der Waals surface area contributed by atoms with Crippen LogP contribution in [0.25, 0.3) is 10.2 Å². The molecule has 2 aromatic carbocycles. The minimum atomic E-state index is -3.93. The van der Waals surface area contributed by atoms with E-state index in [-0.39, 0.29) is 33.6 Å². The molecule has 14 heteroatoms. The van der Waals surface area contributed by atoms with Crippen LogP contribution in [0.4, 0.5) is 10.8 Å². The summed E-state index contributed by atoms with van der Waals surface area (Å²) in [5, 5.41) is 13.4. The van der Waals surface area contributed by atoms with Crippen molar-refractivity contribution in [1.29, 1.82) is 0 Å². The maximum Gasteiger partial charge on any atom is 0.269 e. The van der Waals surface area contributed by atoms with E-state index in [9.17, 15) is 31.7 Å². The molecule has 0 radical (unpaired) electrons. The number of nitrogens with one attached hydrogen (secondary N) is 2. The van der Waals surface area contributed by atoms with Crippen LogP contribution in [0.1, 0.15) is 6.42 Å². The zero-order chi connectivity index (χ0) is 22.8. The summed E-state index contributed by atoms with van der Waals surface area (Å²) in [4.78, 5) is 26.3. The number of fused-ring (bicyclic) bond motifs is 1. The van der Waals surface area contributed by atoms with Crippen LogP contribution in [-0.4, -0.2) is 45.5 Å². The lowest BCUT2D eigenvalue weighted by atomic mass is 10.3. The lowest BCUT2D eigenvalue weighted by Gasteiger charge is -2.06. The smallest absolute Gasteiger partial charge is 0.269 e. The van der Waals surface area contributed by atoms with Crippen molar-refractivity contribution in [2.75, 3.05) is 18.1 Å². The molecular formula is C17H16N4O7S3. The molecule has 0 aliphatic carbocycles. The standard InChI is InChI=1S/C17H16N4O7S3/c1-30(25,26)13-6-7-14-15(10-13)29-17(19-14)20-16(22)8-9-18-31(27,28)12-4-2-11(3-5-12)21(23)24/h2-7,10,18H,8-9H2,1H3,(H,19,20,22). The molecule has 3 rings (SSSR count). The summed E-state index contributed by atoms with van der Waals surface area (Å²) in [7, 11) is -7.30. The molecule has 0 saturated carbocycles. The molecule has 164 valence electrons. The van der Waals surface area contributed by atoms with E-state index in [0.29, 0.717) is 10.2 Å². The second kappa shape index (κ2) is 8.66. The average molecular weight is 485 g/mol. The van der Waals surface area contributed by atoms with Crippen LogP contribution in [-0.2, 0) is 24.7 Å². The molecule has 0 atom stereocenters. The summed E-state index contributed by atoms with van der Waals surface area (Å²) in [5.74, 6) is -0.492. The molecule has 0 fully saturated rings. The molecule has 3 aromatic rings. The van der Waals surface area contributed by atoms with E-state index in [1.165, 1.54) is 18.2 Å². The number of nitro benzene ring substituents is 1. The van der Waals surface area contributed by atoms with E-state index in [1.807, 2.05) is 0 Å². The van der Waals surface area contributed by atoms with Gasteiger partial charge in [-0.15, -0.1) is 0 Å². The van der Waals surface area contributed by atoms with Gasteiger partial charge in [-0.3, -0.25) is 14.9 Å². The van der Waals surface area contributed by atoms with Crippen molar-refractivity contribution in [3.05, 3.63) is 52.6 Å². The first-order chi connectivity index (χ1) is 14.5. The second-order valence-corrected chi connectivity index (χ2v) is 11.2. The Morgan fingerprint density at radius 2 is 1.74 bits per heavy atom. The highest BCUT2D eigenvalue weighted by Crippen LogP contribution is 2.28. The van der Waals surface area contributed by atoms with Crippen molar-refractivity contribution in [3.8, 4) is 0 Å². The molecule has 2 N–H and O–H groups in total. The van der Waals surface area contributed by atoms with Gasteiger partial charge in [0, 0.05) is 31.4 Å². The fraction of sp³-hybridized carbons (Fsp3) is 0.176. The molecule has 1 aromatic heterocycles. The predicted molar refractivity (Wildman–Crippen MR) is 114 cm³/mol. The van der Waals surface area contributed by atoms with Gasteiger partial charge in [-0.25, -0.2) is 26.5 Å². The molecule has 0 aliphatic heterocycles. The molecule has 0 unspecified atom stereocenters. The second-order valence-electron chi connectivity index (χ2n) is 6.37. The maximum absolute atomic E-state index is 12.2. The predicted octanol–water partition coefficient (Wildman–Crippen LogP) is 1.92. The van der Waals surface area contributed by atoms with E-state index < -0.39 is 30.7 Å². The Morgan fingerprint density at radius 1 is 1.10 bits per heavy atom. The van der Waals surface area contributed by atoms with Crippen LogP contribution >= 0.6 is 11.3 Å². The Hall–Kier alpha value is -2.94. The van der Waals surface area contributed by atoms with Crippen molar-refractivity contribution in [2.24, 2.45) is 0 Å². The number of amides is 1. The summed E-state index contributed by atoms with van der Waals surface area (Å²) in [6.45, 7) is -0.200. The summed E-state index contributed by atoms with van der Waals surface area (Å²) in [5.41, 5.74) is 0.282. The van der Waals surface area contributed by atoms with E-state index in [2.05, 4.69) is 15.0 Å². The van der Waals surface area contributed by atoms with Gasteiger partial charge in [-0.2, -0.15) is 0 Å². The van der Waals surface area contributed by atoms with Crippen LogP contribution in [0.15, 0.2) is 52.3 Å². The Bertz CT molecular complexity index is 1360. The molecule has 11 nitrogen and oxygen atoms in total. The van der Waals surface area contributed by atoms with Gasteiger partial charge in [-0.05, 0) is 30.3 Å². The highest BCUT2D eigenvalue weighted by Gasteiger charge is 2.17. The number of carbonyl (C=O) groups excluding carboxylic acids is 1. The first kappa shape index (κ1) is 22.7. The number of non-ortho nitro benzene ring substituents is 1. The minimum Gasteiger partial charge on any atom is -0.302 e. The summed E-state index contributed by atoms with van der Waals surface area (Å²) >= 11 is 1.09. The molecular weight excluding hydrogens is 468 g/mol. The number of hydrogen-bond acceptors (Lipinski definition) is 9. The van der Waals surface area contributed by atoms with Crippen molar-refractivity contribution in [3.63, 3.8) is 0 Å². The van der Waals surface area contributed by atoms with E-state index in [4.69, 9.17) is 0 Å². The Morgan fingerprint density at radius 3 is 2.35 bits per heavy atom. The summed E-state index contributed by atoms with van der Waals surface area (Å²) < 4.78 is 50.5. The molecule has 1 amide bonds. The van der Waals surface area contributed by atoms with Crippen molar-refractivity contribution in [1.82, 2.24) is 9.71 Å². The van der Waals surface area contributed by atoms with E-state index in [0.717, 1.165) is 41.9 Å². The number of thiazole rings is 1. The number of nitrogens with zero attached hydrogens (tertiary/aromatic N) is 2. The first-order valence-corrected chi connectivity index (χ1v) is 12.8. The topological polar surface area (TPSA) is 165 Å². The number of carbonyl (C=O) groups is 1. The Balaban J connectivity index is 1.59. The van der Waals surface area contributed by atoms with Gasteiger partial charge in [0.1, 0.15) is 0 Å². The Labute approximate surface area is 181 Å². The molecule has 1 heterocycles. The average Bonchev–Trinajstić information content (AvgIpc) is 3.08. The number of hydrogen-bond donors (Lipinski definition) is 2. The van der Waals surface area contributed by atoms with Crippen LogP contribution in [0, 0.1) is 10.1 Å². The zero-order valence-electron chi connectivity index (χ0n) is 15.9. The number of rotatable bonds is 8. The summed E-state index contributed by atoms with van der Waals surface area (Å²) in [6.07, 6.45) is 0.909. The fourth-order valence-corrected chi connectivity index (χ4v) is 5.17. The minimum absolute atomic E-state index is 0.141. The molecule has 0 spiro atoms. The maximum atomic E-state index is 12.2. The van der Waals surface area contributed by atoms with E-state index in [1.54, 1.807) is 0 Å². The van der Waals surface area contributed by atoms with Gasteiger partial charge in [-0.1, -0.05) is 11.3 Å². The quantitative estimate of drug-likeness (QED) is 0.361. The number of benzene rings is 2. The number of sulfonamides is 1. The number of anilines is 1. The van der Waals surface area contributed by atoms with Gasteiger partial charge in [0.15, 0.2) is 15.0 Å². The first-order valence-electron chi connectivity index (χ1n) is 8.60. The van der Waals surface area contributed by atoms with Crippen molar-refractivity contribution in [2.45, 2.75) is 16.2 Å². The van der Waals surface area contributed by atoms with Gasteiger partial charge >= 0.3 is 0 Å². The van der Waals surface area contributed by atoms with E-state index >= 15 is 0 Å².